The minimum atomic E-state index is -1.17. The van der Waals surface area contributed by atoms with Gasteiger partial charge >= 0.3 is 11.9 Å². The lowest BCUT2D eigenvalue weighted by atomic mass is 9.68. The fourth-order valence-corrected chi connectivity index (χ4v) is 5.09. The summed E-state index contributed by atoms with van der Waals surface area (Å²) in [5.74, 6) is 0.133. The number of hydrogen-bond donors (Lipinski definition) is 0. The molecular weight excluding hydrogens is 308 g/mol. The van der Waals surface area contributed by atoms with Crippen LogP contribution in [-0.2, 0) is 23.8 Å². The van der Waals surface area contributed by atoms with E-state index in [0.717, 1.165) is 0 Å². The molecule has 0 aromatic heterocycles. The quantitative estimate of drug-likeness (QED) is 0.549. The van der Waals surface area contributed by atoms with Crippen molar-refractivity contribution in [2.75, 3.05) is 19.8 Å². The maximum absolute atomic E-state index is 12.7. The van der Waals surface area contributed by atoms with E-state index >= 15 is 0 Å². The average molecular weight is 340 g/mol. The molecule has 2 aliphatic rings. The fraction of sp³-hybridized carbons (Fsp3) is 0.895. The van der Waals surface area contributed by atoms with Crippen LogP contribution in [0.15, 0.2) is 0 Å². The van der Waals surface area contributed by atoms with Crippen molar-refractivity contribution in [2.24, 2.45) is 29.1 Å². The second-order valence-electron chi connectivity index (χ2n) is 7.77. The lowest BCUT2D eigenvalue weighted by molar-refractivity contribution is -0.174. The number of fused-ring (bicyclic) bond motifs is 1. The Morgan fingerprint density at radius 3 is 1.92 bits per heavy atom. The molecule has 0 bridgehead atoms. The van der Waals surface area contributed by atoms with Gasteiger partial charge in [0.15, 0.2) is 5.41 Å². The molecule has 0 radical (unpaired) electrons. The Bertz CT molecular complexity index is 456. The minimum Gasteiger partial charge on any atom is -0.465 e. The summed E-state index contributed by atoms with van der Waals surface area (Å²) < 4.78 is 16.8. The predicted molar refractivity (Wildman–Crippen MR) is 90.3 cm³/mol. The van der Waals surface area contributed by atoms with E-state index in [1.54, 1.807) is 13.8 Å². The van der Waals surface area contributed by atoms with Gasteiger partial charge in [0.2, 0.25) is 0 Å². The Morgan fingerprint density at radius 2 is 1.50 bits per heavy atom. The SMILES string of the molecule is CCOC(=O)C1(C(=O)OCC)C[C@H]2COC(C(C)C)(C(C)C)[C@H]2C1. The Morgan fingerprint density at radius 1 is 1.00 bits per heavy atom. The first-order valence-electron chi connectivity index (χ1n) is 9.24. The zero-order chi connectivity index (χ0) is 18.1. The second-order valence-corrected chi connectivity index (χ2v) is 7.77. The molecule has 5 heteroatoms. The van der Waals surface area contributed by atoms with Gasteiger partial charge in [-0.2, -0.15) is 0 Å². The van der Waals surface area contributed by atoms with Crippen molar-refractivity contribution >= 4 is 11.9 Å². The highest BCUT2D eigenvalue weighted by Crippen LogP contribution is 2.59. The van der Waals surface area contributed by atoms with Crippen LogP contribution in [0.4, 0.5) is 0 Å². The molecule has 0 aromatic rings. The number of carbonyl (C=O) groups excluding carboxylic acids is 2. The lowest BCUT2D eigenvalue weighted by Crippen LogP contribution is -2.48. The first kappa shape index (κ1) is 19.2. The molecule has 1 heterocycles. The molecule has 0 aromatic carbocycles. The normalized spacial score (nSPS) is 27.3. The largest absolute Gasteiger partial charge is 0.465 e. The third-order valence-electron chi connectivity index (χ3n) is 6.01. The van der Waals surface area contributed by atoms with E-state index in [9.17, 15) is 9.59 Å². The highest BCUT2D eigenvalue weighted by molar-refractivity contribution is 6.00. The van der Waals surface area contributed by atoms with Crippen molar-refractivity contribution in [3.05, 3.63) is 0 Å². The average Bonchev–Trinajstić information content (AvgIpc) is 3.04. The summed E-state index contributed by atoms with van der Waals surface area (Å²) in [4.78, 5) is 25.4. The zero-order valence-corrected chi connectivity index (χ0v) is 15.9. The Kier molecular flexibility index (Phi) is 5.63. The Balaban J connectivity index is 2.39. The van der Waals surface area contributed by atoms with Crippen molar-refractivity contribution in [2.45, 2.75) is 60.0 Å². The van der Waals surface area contributed by atoms with Crippen LogP contribution < -0.4 is 0 Å². The van der Waals surface area contributed by atoms with Crippen LogP contribution in [0.25, 0.3) is 0 Å². The van der Waals surface area contributed by atoms with Crippen LogP contribution in [0, 0.1) is 29.1 Å². The molecule has 1 saturated heterocycles. The van der Waals surface area contributed by atoms with Gasteiger partial charge < -0.3 is 14.2 Å². The van der Waals surface area contributed by atoms with Crippen LogP contribution in [0.5, 0.6) is 0 Å². The summed E-state index contributed by atoms with van der Waals surface area (Å²) in [6.07, 6.45) is 0.933. The third-order valence-corrected chi connectivity index (χ3v) is 6.01. The molecule has 2 fully saturated rings. The first-order chi connectivity index (χ1) is 11.3. The lowest BCUT2D eigenvalue weighted by Gasteiger charge is -2.42. The predicted octanol–water partition coefficient (Wildman–Crippen LogP) is 3.21. The molecule has 0 N–H and O–H groups in total. The van der Waals surface area contributed by atoms with E-state index in [2.05, 4.69) is 27.7 Å². The van der Waals surface area contributed by atoms with Crippen molar-refractivity contribution in [1.29, 1.82) is 0 Å². The van der Waals surface area contributed by atoms with Crippen molar-refractivity contribution in [1.82, 2.24) is 0 Å². The molecule has 5 nitrogen and oxygen atoms in total. The summed E-state index contributed by atoms with van der Waals surface area (Å²) in [6, 6.07) is 0. The molecule has 0 amide bonds. The fourth-order valence-electron chi connectivity index (χ4n) is 5.09. The second kappa shape index (κ2) is 7.03. The standard InChI is InChI=1S/C19H32O5/c1-7-22-16(20)18(17(21)23-8-2)9-14-11-24-19(12(3)4,13(5)6)15(14)10-18/h12-15H,7-11H2,1-6H3/t14-,15-/m0/s1. The number of rotatable bonds is 6. The number of hydrogen-bond acceptors (Lipinski definition) is 5. The maximum Gasteiger partial charge on any atom is 0.323 e. The Labute approximate surface area is 145 Å². The summed E-state index contributed by atoms with van der Waals surface area (Å²) in [7, 11) is 0. The van der Waals surface area contributed by atoms with E-state index in [4.69, 9.17) is 14.2 Å². The molecule has 1 aliphatic carbocycles. The molecule has 138 valence electrons. The van der Waals surface area contributed by atoms with Crippen molar-refractivity contribution in [3.8, 4) is 0 Å². The zero-order valence-electron chi connectivity index (χ0n) is 15.9. The first-order valence-corrected chi connectivity index (χ1v) is 9.24. The summed E-state index contributed by atoms with van der Waals surface area (Å²) in [5.41, 5.74) is -1.47. The number of esters is 2. The van der Waals surface area contributed by atoms with Crippen molar-refractivity contribution < 1.29 is 23.8 Å². The third kappa shape index (κ3) is 2.75. The van der Waals surface area contributed by atoms with E-state index in [1.165, 1.54) is 0 Å². The van der Waals surface area contributed by atoms with Crippen LogP contribution in [0.1, 0.15) is 54.4 Å². The van der Waals surface area contributed by atoms with Crippen molar-refractivity contribution in [3.63, 3.8) is 0 Å². The summed E-state index contributed by atoms with van der Waals surface area (Å²) in [6.45, 7) is 13.3. The molecular formula is C19H32O5. The van der Waals surface area contributed by atoms with Gasteiger partial charge in [0.25, 0.3) is 0 Å². The number of carbonyl (C=O) groups is 2. The van der Waals surface area contributed by atoms with Gasteiger partial charge in [-0.15, -0.1) is 0 Å². The van der Waals surface area contributed by atoms with Gasteiger partial charge in [-0.25, -0.2) is 0 Å². The van der Waals surface area contributed by atoms with Gasteiger partial charge in [-0.05, 0) is 50.4 Å². The van der Waals surface area contributed by atoms with Crippen LogP contribution in [0.3, 0.4) is 0 Å². The molecule has 1 aliphatic heterocycles. The minimum absolute atomic E-state index is 0.173. The Hall–Kier alpha value is -1.10. The summed E-state index contributed by atoms with van der Waals surface area (Å²) in [5, 5.41) is 0. The van der Waals surface area contributed by atoms with E-state index in [0.29, 0.717) is 31.3 Å². The topological polar surface area (TPSA) is 61.8 Å². The molecule has 2 rings (SSSR count). The van der Waals surface area contributed by atoms with Crippen LogP contribution in [-0.4, -0.2) is 37.4 Å². The highest BCUT2D eigenvalue weighted by atomic mass is 16.6. The molecule has 1 saturated carbocycles. The highest BCUT2D eigenvalue weighted by Gasteiger charge is 2.66. The van der Waals surface area contributed by atoms with E-state index < -0.39 is 17.4 Å². The molecule has 24 heavy (non-hydrogen) atoms. The van der Waals surface area contributed by atoms with Gasteiger partial charge in [0, 0.05) is 0 Å². The van der Waals surface area contributed by atoms with Gasteiger partial charge in [0.1, 0.15) is 0 Å². The van der Waals surface area contributed by atoms with Crippen LogP contribution >= 0.6 is 0 Å². The molecule has 2 atom stereocenters. The smallest absolute Gasteiger partial charge is 0.323 e. The van der Waals surface area contributed by atoms with Gasteiger partial charge in [-0.1, -0.05) is 27.7 Å². The molecule has 0 spiro atoms. The maximum atomic E-state index is 12.7. The van der Waals surface area contributed by atoms with Crippen LogP contribution in [0.2, 0.25) is 0 Å². The molecule has 0 unspecified atom stereocenters. The number of ether oxygens (including phenoxy) is 3. The van der Waals surface area contributed by atoms with Gasteiger partial charge in [0.05, 0.1) is 25.4 Å². The van der Waals surface area contributed by atoms with E-state index in [1.807, 2.05) is 0 Å². The van der Waals surface area contributed by atoms with E-state index in [-0.39, 0.29) is 30.7 Å². The van der Waals surface area contributed by atoms with Gasteiger partial charge in [-0.3, -0.25) is 9.59 Å². The summed E-state index contributed by atoms with van der Waals surface area (Å²) >= 11 is 0. The monoisotopic (exact) mass is 340 g/mol.